The monoisotopic (exact) mass is 288 g/mol. The number of piperidine rings is 1. The van der Waals surface area contributed by atoms with Crippen LogP contribution in [0, 0.1) is 5.92 Å². The van der Waals surface area contributed by atoms with Gasteiger partial charge in [0.05, 0.1) is 5.75 Å². The van der Waals surface area contributed by atoms with Crippen molar-refractivity contribution in [2.75, 3.05) is 18.8 Å². The van der Waals surface area contributed by atoms with Crippen molar-refractivity contribution in [3.8, 4) is 0 Å². The zero-order valence-electron chi connectivity index (χ0n) is 12.5. The van der Waals surface area contributed by atoms with E-state index in [0.29, 0.717) is 18.2 Å². The Kier molecular flexibility index (Phi) is 4.58. The molecule has 0 spiro atoms. The molecule has 4 nitrogen and oxygen atoms in total. The Bertz CT molecular complexity index is 396. The lowest BCUT2D eigenvalue weighted by Gasteiger charge is -2.36. The molecule has 1 aliphatic carbocycles. The van der Waals surface area contributed by atoms with E-state index in [1.54, 1.807) is 4.31 Å². The Balaban J connectivity index is 1.98. The zero-order chi connectivity index (χ0) is 14.1. The van der Waals surface area contributed by atoms with Crippen LogP contribution in [0.25, 0.3) is 0 Å². The first-order chi connectivity index (χ1) is 8.78. The van der Waals surface area contributed by atoms with Gasteiger partial charge in [-0.15, -0.1) is 0 Å². The molecule has 1 heterocycles. The van der Waals surface area contributed by atoms with E-state index in [0.717, 1.165) is 38.6 Å². The van der Waals surface area contributed by atoms with Crippen LogP contribution in [0.4, 0.5) is 0 Å². The Labute approximate surface area is 118 Å². The second-order valence-corrected chi connectivity index (χ2v) is 9.08. The molecule has 19 heavy (non-hydrogen) atoms. The summed E-state index contributed by atoms with van der Waals surface area (Å²) >= 11 is 0. The Hall–Kier alpha value is -0.130. The maximum atomic E-state index is 12.5. The third-order valence-corrected chi connectivity index (χ3v) is 6.03. The first kappa shape index (κ1) is 15.3. The van der Waals surface area contributed by atoms with E-state index in [1.165, 1.54) is 0 Å². The summed E-state index contributed by atoms with van der Waals surface area (Å²) in [5.74, 6) is 0.807. The molecule has 2 fully saturated rings. The standard InChI is InChI=1S/C14H28N2O2S/c1-14(2,3)15-10-13-6-4-5-9-16(13)19(17,18)11-12-7-8-12/h12-13,15H,4-11H2,1-3H3. The maximum Gasteiger partial charge on any atom is 0.214 e. The molecule has 0 aromatic rings. The van der Waals surface area contributed by atoms with Crippen molar-refractivity contribution in [2.45, 2.75) is 64.5 Å². The van der Waals surface area contributed by atoms with Gasteiger partial charge >= 0.3 is 0 Å². The minimum Gasteiger partial charge on any atom is -0.310 e. The van der Waals surface area contributed by atoms with Crippen molar-refractivity contribution in [1.82, 2.24) is 9.62 Å². The van der Waals surface area contributed by atoms with E-state index in [4.69, 9.17) is 0 Å². The molecule has 1 aliphatic heterocycles. The molecule has 0 radical (unpaired) electrons. The molecule has 112 valence electrons. The maximum absolute atomic E-state index is 12.5. The van der Waals surface area contributed by atoms with Crippen molar-refractivity contribution in [3.05, 3.63) is 0 Å². The molecular formula is C14H28N2O2S. The highest BCUT2D eigenvalue weighted by molar-refractivity contribution is 7.89. The highest BCUT2D eigenvalue weighted by Gasteiger charge is 2.36. The molecule has 0 aromatic carbocycles. The molecule has 2 rings (SSSR count). The average molecular weight is 288 g/mol. The van der Waals surface area contributed by atoms with Crippen LogP contribution in [-0.4, -0.2) is 43.1 Å². The van der Waals surface area contributed by atoms with Gasteiger partial charge in [0.1, 0.15) is 0 Å². The number of nitrogens with zero attached hydrogens (tertiary/aromatic N) is 1. The third kappa shape index (κ3) is 4.72. The van der Waals surface area contributed by atoms with Crippen LogP contribution in [0.5, 0.6) is 0 Å². The lowest BCUT2D eigenvalue weighted by molar-refractivity contribution is 0.230. The fourth-order valence-corrected chi connectivity index (χ4v) is 4.81. The topological polar surface area (TPSA) is 49.4 Å². The fraction of sp³-hybridized carbons (Fsp3) is 1.00. The zero-order valence-corrected chi connectivity index (χ0v) is 13.3. The lowest BCUT2D eigenvalue weighted by atomic mass is 10.0. The van der Waals surface area contributed by atoms with Gasteiger partial charge in [0.25, 0.3) is 0 Å². The second-order valence-electron chi connectivity index (χ2n) is 7.11. The van der Waals surface area contributed by atoms with Gasteiger partial charge < -0.3 is 5.32 Å². The summed E-state index contributed by atoms with van der Waals surface area (Å²) in [6, 6.07) is 0.150. The fourth-order valence-electron chi connectivity index (χ4n) is 2.65. The quantitative estimate of drug-likeness (QED) is 0.841. The SMILES string of the molecule is CC(C)(C)NCC1CCCCN1S(=O)(=O)CC1CC1. The van der Waals surface area contributed by atoms with Crippen LogP contribution >= 0.6 is 0 Å². The van der Waals surface area contributed by atoms with Crippen LogP contribution < -0.4 is 5.32 Å². The molecule has 1 unspecified atom stereocenters. The van der Waals surface area contributed by atoms with Gasteiger partial charge in [0.15, 0.2) is 0 Å². The first-order valence-electron chi connectivity index (χ1n) is 7.52. The van der Waals surface area contributed by atoms with Crippen molar-refractivity contribution < 1.29 is 8.42 Å². The predicted molar refractivity (Wildman–Crippen MR) is 78.6 cm³/mol. The van der Waals surface area contributed by atoms with Crippen molar-refractivity contribution >= 4 is 10.0 Å². The summed E-state index contributed by atoms with van der Waals surface area (Å²) in [6.07, 6.45) is 5.34. The minimum atomic E-state index is -3.04. The summed E-state index contributed by atoms with van der Waals surface area (Å²) in [5.41, 5.74) is 0.0450. The van der Waals surface area contributed by atoms with E-state index >= 15 is 0 Å². The van der Waals surface area contributed by atoms with Crippen LogP contribution in [0.3, 0.4) is 0 Å². The minimum absolute atomic E-state index is 0.0450. The van der Waals surface area contributed by atoms with Gasteiger partial charge in [0, 0.05) is 24.7 Å². The molecule has 1 atom stereocenters. The van der Waals surface area contributed by atoms with Crippen LogP contribution in [0.1, 0.15) is 52.9 Å². The molecule has 1 saturated heterocycles. The van der Waals surface area contributed by atoms with E-state index in [2.05, 4.69) is 26.1 Å². The molecular weight excluding hydrogens is 260 g/mol. The van der Waals surface area contributed by atoms with Crippen molar-refractivity contribution in [3.63, 3.8) is 0 Å². The molecule has 0 aromatic heterocycles. The number of hydrogen-bond acceptors (Lipinski definition) is 3. The number of sulfonamides is 1. The summed E-state index contributed by atoms with van der Waals surface area (Å²) in [5, 5.41) is 3.46. The van der Waals surface area contributed by atoms with E-state index in [9.17, 15) is 8.42 Å². The number of rotatable bonds is 5. The summed E-state index contributed by atoms with van der Waals surface area (Å²) in [6.45, 7) is 7.86. The van der Waals surface area contributed by atoms with Gasteiger partial charge in [-0.1, -0.05) is 6.42 Å². The summed E-state index contributed by atoms with van der Waals surface area (Å²) in [4.78, 5) is 0. The van der Waals surface area contributed by atoms with Gasteiger partial charge in [-0.25, -0.2) is 8.42 Å². The average Bonchev–Trinajstić information content (AvgIpc) is 3.09. The van der Waals surface area contributed by atoms with Crippen molar-refractivity contribution in [2.24, 2.45) is 5.92 Å². The Morgan fingerprint density at radius 1 is 1.16 bits per heavy atom. The van der Waals surface area contributed by atoms with E-state index in [-0.39, 0.29) is 11.6 Å². The number of nitrogens with one attached hydrogen (secondary N) is 1. The molecule has 1 N–H and O–H groups in total. The van der Waals surface area contributed by atoms with Crippen LogP contribution in [-0.2, 0) is 10.0 Å². The summed E-state index contributed by atoms with van der Waals surface area (Å²) < 4.78 is 26.7. The molecule has 1 saturated carbocycles. The summed E-state index contributed by atoms with van der Waals surface area (Å²) in [7, 11) is -3.04. The normalized spacial score (nSPS) is 26.6. The highest BCUT2D eigenvalue weighted by atomic mass is 32.2. The largest absolute Gasteiger partial charge is 0.310 e. The van der Waals surface area contributed by atoms with Crippen LogP contribution in [0.2, 0.25) is 0 Å². The van der Waals surface area contributed by atoms with Gasteiger partial charge in [-0.05, 0) is 52.4 Å². The molecule has 0 amide bonds. The predicted octanol–water partition coefficient (Wildman–Crippen LogP) is 1.97. The number of hydrogen-bond donors (Lipinski definition) is 1. The highest BCUT2D eigenvalue weighted by Crippen LogP contribution is 2.32. The molecule has 0 bridgehead atoms. The first-order valence-corrected chi connectivity index (χ1v) is 9.13. The van der Waals surface area contributed by atoms with E-state index < -0.39 is 10.0 Å². The Morgan fingerprint density at radius 2 is 1.84 bits per heavy atom. The van der Waals surface area contributed by atoms with Gasteiger partial charge in [-0.2, -0.15) is 4.31 Å². The molecule has 2 aliphatic rings. The van der Waals surface area contributed by atoms with Gasteiger partial charge in [0.2, 0.25) is 10.0 Å². The molecule has 5 heteroatoms. The smallest absolute Gasteiger partial charge is 0.214 e. The lowest BCUT2D eigenvalue weighted by Crippen LogP contribution is -2.52. The van der Waals surface area contributed by atoms with E-state index in [1.807, 2.05) is 0 Å². The third-order valence-electron chi connectivity index (χ3n) is 3.94. The van der Waals surface area contributed by atoms with Gasteiger partial charge in [-0.3, -0.25) is 0 Å². The second kappa shape index (κ2) is 5.70. The Morgan fingerprint density at radius 3 is 2.42 bits per heavy atom. The van der Waals surface area contributed by atoms with Crippen molar-refractivity contribution in [1.29, 1.82) is 0 Å². The van der Waals surface area contributed by atoms with Crippen LogP contribution in [0.15, 0.2) is 0 Å².